The molecule has 3 nitrogen and oxygen atoms in total. The van der Waals surface area contributed by atoms with Crippen molar-refractivity contribution in [1.29, 1.82) is 0 Å². The SMILES string of the molecule is CC(C)CNCc1cc(N(C)C2CCCC(C)C2)ccn1. The van der Waals surface area contributed by atoms with Crippen LogP contribution in [0.25, 0.3) is 0 Å². The number of nitrogens with one attached hydrogen (secondary N) is 1. The molecule has 1 aliphatic rings. The molecule has 3 heteroatoms. The van der Waals surface area contributed by atoms with Gasteiger partial charge in [-0.1, -0.05) is 33.6 Å². The Morgan fingerprint density at radius 2 is 2.19 bits per heavy atom. The van der Waals surface area contributed by atoms with E-state index in [9.17, 15) is 0 Å². The van der Waals surface area contributed by atoms with Crippen LogP contribution in [-0.2, 0) is 6.54 Å². The smallest absolute Gasteiger partial charge is 0.0562 e. The lowest BCUT2D eigenvalue weighted by Gasteiger charge is -2.35. The fourth-order valence-corrected chi connectivity index (χ4v) is 3.24. The molecule has 0 amide bonds. The van der Waals surface area contributed by atoms with Crippen LogP contribution in [0, 0.1) is 11.8 Å². The summed E-state index contributed by atoms with van der Waals surface area (Å²) in [7, 11) is 2.24. The summed E-state index contributed by atoms with van der Waals surface area (Å²) in [5.74, 6) is 1.54. The average molecular weight is 289 g/mol. The van der Waals surface area contributed by atoms with Gasteiger partial charge < -0.3 is 10.2 Å². The van der Waals surface area contributed by atoms with Gasteiger partial charge in [0.25, 0.3) is 0 Å². The van der Waals surface area contributed by atoms with Crippen molar-refractivity contribution in [3.63, 3.8) is 0 Å². The topological polar surface area (TPSA) is 28.2 Å². The first kappa shape index (κ1) is 16.3. The van der Waals surface area contributed by atoms with Gasteiger partial charge in [0.05, 0.1) is 5.69 Å². The molecule has 2 unspecified atom stereocenters. The Labute approximate surface area is 130 Å². The molecule has 1 N–H and O–H groups in total. The number of hydrogen-bond acceptors (Lipinski definition) is 3. The van der Waals surface area contributed by atoms with Crippen LogP contribution in [0.5, 0.6) is 0 Å². The molecule has 1 fully saturated rings. The van der Waals surface area contributed by atoms with E-state index in [2.05, 4.69) is 55.2 Å². The van der Waals surface area contributed by atoms with Crippen LogP contribution in [0.3, 0.4) is 0 Å². The number of anilines is 1. The van der Waals surface area contributed by atoms with Gasteiger partial charge in [-0.05, 0) is 43.4 Å². The molecule has 0 spiro atoms. The third kappa shape index (κ3) is 4.99. The predicted octanol–water partition coefficient (Wildman–Crippen LogP) is 3.84. The second kappa shape index (κ2) is 7.79. The number of nitrogens with zero attached hydrogens (tertiary/aromatic N) is 2. The maximum atomic E-state index is 4.49. The normalized spacial score (nSPS) is 22.5. The van der Waals surface area contributed by atoms with E-state index in [1.807, 2.05) is 6.20 Å². The molecule has 1 saturated carbocycles. The molecule has 0 aliphatic heterocycles. The average Bonchev–Trinajstić information content (AvgIpc) is 2.46. The lowest BCUT2D eigenvalue weighted by atomic mass is 9.86. The molecule has 0 aromatic carbocycles. The summed E-state index contributed by atoms with van der Waals surface area (Å²) in [4.78, 5) is 6.95. The van der Waals surface area contributed by atoms with E-state index in [1.165, 1.54) is 31.4 Å². The van der Waals surface area contributed by atoms with Crippen molar-refractivity contribution in [2.24, 2.45) is 11.8 Å². The summed E-state index contributed by atoms with van der Waals surface area (Å²) >= 11 is 0. The van der Waals surface area contributed by atoms with Crippen LogP contribution in [0.4, 0.5) is 5.69 Å². The minimum Gasteiger partial charge on any atom is -0.372 e. The number of pyridine rings is 1. The van der Waals surface area contributed by atoms with Gasteiger partial charge in [-0.3, -0.25) is 4.98 Å². The van der Waals surface area contributed by atoms with Gasteiger partial charge >= 0.3 is 0 Å². The minimum atomic E-state index is 0.680. The van der Waals surface area contributed by atoms with E-state index in [0.29, 0.717) is 12.0 Å². The Bertz CT molecular complexity index is 430. The van der Waals surface area contributed by atoms with E-state index in [0.717, 1.165) is 24.7 Å². The Kier molecular flexibility index (Phi) is 6.04. The highest BCUT2D eigenvalue weighted by Crippen LogP contribution is 2.29. The van der Waals surface area contributed by atoms with Crippen LogP contribution in [0.15, 0.2) is 18.3 Å². The molecule has 2 rings (SSSR count). The van der Waals surface area contributed by atoms with E-state index in [-0.39, 0.29) is 0 Å². The molecular weight excluding hydrogens is 258 g/mol. The highest BCUT2D eigenvalue weighted by Gasteiger charge is 2.22. The van der Waals surface area contributed by atoms with Gasteiger partial charge in [-0.25, -0.2) is 0 Å². The zero-order valence-electron chi connectivity index (χ0n) is 14.1. The van der Waals surface area contributed by atoms with Crippen LogP contribution in [0.1, 0.15) is 52.1 Å². The van der Waals surface area contributed by atoms with Crippen molar-refractivity contribution >= 4 is 5.69 Å². The maximum Gasteiger partial charge on any atom is 0.0562 e. The largest absolute Gasteiger partial charge is 0.372 e. The molecule has 0 radical (unpaired) electrons. The zero-order valence-corrected chi connectivity index (χ0v) is 14.1. The quantitative estimate of drug-likeness (QED) is 0.862. The maximum absolute atomic E-state index is 4.49. The number of rotatable bonds is 6. The summed E-state index contributed by atoms with van der Waals surface area (Å²) < 4.78 is 0. The van der Waals surface area contributed by atoms with Crippen molar-refractivity contribution in [2.75, 3.05) is 18.5 Å². The van der Waals surface area contributed by atoms with Gasteiger partial charge in [0.15, 0.2) is 0 Å². The molecule has 0 saturated heterocycles. The van der Waals surface area contributed by atoms with Crippen molar-refractivity contribution in [2.45, 2.75) is 59.0 Å². The van der Waals surface area contributed by atoms with Gasteiger partial charge in [-0.2, -0.15) is 0 Å². The standard InChI is InChI=1S/C18H31N3/c1-14(2)12-19-13-16-11-18(8-9-20-16)21(4)17-7-5-6-15(3)10-17/h8-9,11,14-15,17,19H,5-7,10,12-13H2,1-4H3. The van der Waals surface area contributed by atoms with Gasteiger partial charge in [-0.15, -0.1) is 0 Å². The van der Waals surface area contributed by atoms with Crippen LogP contribution in [0.2, 0.25) is 0 Å². The second-order valence-electron chi connectivity index (χ2n) is 7.07. The molecule has 1 heterocycles. The summed E-state index contributed by atoms with van der Waals surface area (Å²) in [6.45, 7) is 8.75. The van der Waals surface area contributed by atoms with E-state index >= 15 is 0 Å². The lowest BCUT2D eigenvalue weighted by molar-refractivity contribution is 0.336. The molecule has 1 aromatic rings. The predicted molar refractivity (Wildman–Crippen MR) is 90.6 cm³/mol. The third-order valence-corrected chi connectivity index (χ3v) is 4.52. The van der Waals surface area contributed by atoms with Crippen molar-refractivity contribution in [3.8, 4) is 0 Å². The Balaban J connectivity index is 1.95. The van der Waals surface area contributed by atoms with Crippen molar-refractivity contribution in [3.05, 3.63) is 24.0 Å². The first-order valence-electron chi connectivity index (χ1n) is 8.44. The van der Waals surface area contributed by atoms with E-state index in [4.69, 9.17) is 0 Å². The number of aromatic nitrogens is 1. The molecule has 2 atom stereocenters. The summed E-state index contributed by atoms with van der Waals surface area (Å²) in [5, 5.41) is 3.47. The molecule has 1 aromatic heterocycles. The van der Waals surface area contributed by atoms with E-state index in [1.54, 1.807) is 0 Å². The third-order valence-electron chi connectivity index (χ3n) is 4.52. The van der Waals surface area contributed by atoms with Gasteiger partial charge in [0.2, 0.25) is 0 Å². The first-order valence-corrected chi connectivity index (χ1v) is 8.44. The Morgan fingerprint density at radius 3 is 2.90 bits per heavy atom. The molecule has 1 aliphatic carbocycles. The first-order chi connectivity index (χ1) is 10.1. The summed E-state index contributed by atoms with van der Waals surface area (Å²) in [6.07, 6.45) is 7.35. The molecule has 21 heavy (non-hydrogen) atoms. The summed E-state index contributed by atoms with van der Waals surface area (Å²) in [5.41, 5.74) is 2.45. The van der Waals surface area contributed by atoms with Crippen molar-refractivity contribution < 1.29 is 0 Å². The fourth-order valence-electron chi connectivity index (χ4n) is 3.24. The monoisotopic (exact) mass is 289 g/mol. The molecule has 118 valence electrons. The Hall–Kier alpha value is -1.09. The fraction of sp³-hybridized carbons (Fsp3) is 0.722. The molecular formula is C18H31N3. The minimum absolute atomic E-state index is 0.680. The molecule has 0 bridgehead atoms. The zero-order chi connectivity index (χ0) is 15.2. The van der Waals surface area contributed by atoms with Gasteiger partial charge in [0.1, 0.15) is 0 Å². The van der Waals surface area contributed by atoms with E-state index < -0.39 is 0 Å². The second-order valence-corrected chi connectivity index (χ2v) is 7.07. The highest BCUT2D eigenvalue weighted by molar-refractivity contribution is 5.46. The van der Waals surface area contributed by atoms with Crippen molar-refractivity contribution in [1.82, 2.24) is 10.3 Å². The number of hydrogen-bond donors (Lipinski definition) is 1. The lowest BCUT2D eigenvalue weighted by Crippen LogP contribution is -2.35. The van der Waals surface area contributed by atoms with Crippen LogP contribution in [-0.4, -0.2) is 24.6 Å². The highest BCUT2D eigenvalue weighted by atomic mass is 15.1. The Morgan fingerprint density at radius 1 is 1.38 bits per heavy atom. The summed E-state index contributed by atoms with van der Waals surface area (Å²) in [6, 6.07) is 5.07. The van der Waals surface area contributed by atoms with Crippen LogP contribution >= 0.6 is 0 Å². The van der Waals surface area contributed by atoms with Crippen LogP contribution < -0.4 is 10.2 Å². The van der Waals surface area contributed by atoms with Gasteiger partial charge in [0, 0.05) is 31.5 Å².